The zero-order valence-electron chi connectivity index (χ0n) is 13.8. The summed E-state index contributed by atoms with van der Waals surface area (Å²) < 4.78 is 13.5. The molecule has 2 rings (SSSR count). The number of benzene rings is 1. The molecule has 1 aromatic carbocycles. The highest BCUT2D eigenvalue weighted by atomic mass is 19.1. The first-order valence-electron chi connectivity index (χ1n) is 7.85. The van der Waals surface area contributed by atoms with Crippen molar-refractivity contribution in [2.45, 2.75) is 39.7 Å². The lowest BCUT2D eigenvalue weighted by molar-refractivity contribution is -0.110. The number of aliphatic hydroxyl groups is 1. The summed E-state index contributed by atoms with van der Waals surface area (Å²) in [6, 6.07) is 6.32. The molecular weight excluding hydrogens is 291 g/mol. The summed E-state index contributed by atoms with van der Waals surface area (Å²) in [4.78, 5) is 12.0. The van der Waals surface area contributed by atoms with Crippen molar-refractivity contribution in [1.82, 2.24) is 0 Å². The van der Waals surface area contributed by atoms with Crippen LogP contribution in [0.25, 0.3) is 6.08 Å². The highest BCUT2D eigenvalue weighted by molar-refractivity contribution is 6.02. The van der Waals surface area contributed by atoms with Crippen molar-refractivity contribution in [3.05, 3.63) is 65.0 Å². The van der Waals surface area contributed by atoms with Crippen LogP contribution in [0.4, 0.5) is 4.39 Å². The summed E-state index contributed by atoms with van der Waals surface area (Å²) >= 11 is 0. The van der Waals surface area contributed by atoms with Gasteiger partial charge in [0.15, 0.2) is 5.78 Å². The number of halogens is 1. The van der Waals surface area contributed by atoms with Gasteiger partial charge in [-0.05, 0) is 60.6 Å². The van der Waals surface area contributed by atoms with E-state index < -0.39 is 6.10 Å². The smallest absolute Gasteiger partial charge is 0.178 e. The molecule has 1 N–H and O–H groups in total. The third kappa shape index (κ3) is 4.26. The van der Waals surface area contributed by atoms with Gasteiger partial charge in [0.2, 0.25) is 0 Å². The zero-order valence-corrected chi connectivity index (χ0v) is 13.8. The summed E-state index contributed by atoms with van der Waals surface area (Å²) in [7, 11) is 0. The second-order valence-corrected chi connectivity index (χ2v) is 6.63. The van der Waals surface area contributed by atoms with Crippen molar-refractivity contribution in [1.29, 1.82) is 0 Å². The van der Waals surface area contributed by atoms with E-state index in [1.54, 1.807) is 24.3 Å². The highest BCUT2D eigenvalue weighted by Gasteiger charge is 2.30. The Morgan fingerprint density at radius 1 is 1.26 bits per heavy atom. The van der Waals surface area contributed by atoms with E-state index in [0.29, 0.717) is 5.56 Å². The van der Waals surface area contributed by atoms with Crippen LogP contribution >= 0.6 is 0 Å². The fraction of sp³-hybridized carbons (Fsp3) is 0.350. The average molecular weight is 314 g/mol. The predicted octanol–water partition coefficient (Wildman–Crippen LogP) is 4.46. The molecule has 0 amide bonds. The first-order chi connectivity index (χ1) is 10.8. The highest BCUT2D eigenvalue weighted by Crippen LogP contribution is 2.40. The van der Waals surface area contributed by atoms with E-state index >= 15 is 0 Å². The minimum Gasteiger partial charge on any atom is -0.389 e. The molecule has 1 aliphatic carbocycles. The zero-order chi connectivity index (χ0) is 17.0. The number of aliphatic hydroxyl groups excluding tert-OH is 1. The molecule has 0 heterocycles. The first-order valence-corrected chi connectivity index (χ1v) is 7.85. The van der Waals surface area contributed by atoms with Crippen LogP contribution in [0.1, 0.15) is 39.2 Å². The van der Waals surface area contributed by atoms with Crippen LogP contribution in [-0.4, -0.2) is 17.0 Å². The number of rotatable bonds is 4. The molecule has 0 spiro atoms. The second kappa shape index (κ2) is 7.05. The van der Waals surface area contributed by atoms with Gasteiger partial charge >= 0.3 is 0 Å². The van der Waals surface area contributed by atoms with Crippen LogP contribution < -0.4 is 0 Å². The van der Waals surface area contributed by atoms with Gasteiger partial charge in [0, 0.05) is 5.56 Å². The van der Waals surface area contributed by atoms with Crippen molar-refractivity contribution in [2.24, 2.45) is 5.41 Å². The fourth-order valence-corrected chi connectivity index (χ4v) is 2.92. The molecule has 0 fully saturated rings. The Balaban J connectivity index is 2.15. The Hall–Kier alpha value is -2.00. The van der Waals surface area contributed by atoms with E-state index in [9.17, 15) is 14.3 Å². The maximum atomic E-state index is 13.5. The number of carbonyl (C=O) groups is 1. The lowest BCUT2D eigenvalue weighted by Crippen LogP contribution is -2.27. The van der Waals surface area contributed by atoms with Crippen molar-refractivity contribution in [3.63, 3.8) is 0 Å². The molecule has 1 atom stereocenters. The lowest BCUT2D eigenvalue weighted by Gasteiger charge is -2.35. The maximum absolute atomic E-state index is 13.5. The average Bonchev–Trinajstić information content (AvgIpc) is 2.50. The molecule has 1 unspecified atom stereocenters. The third-order valence-electron chi connectivity index (χ3n) is 4.44. The van der Waals surface area contributed by atoms with E-state index in [0.717, 1.165) is 24.0 Å². The molecule has 0 aromatic heterocycles. The molecular formula is C20H23FO2. The Bertz CT molecular complexity index is 681. The summed E-state index contributed by atoms with van der Waals surface area (Å²) in [6.45, 7) is 6.13. The molecule has 0 radical (unpaired) electrons. The fourth-order valence-electron chi connectivity index (χ4n) is 2.92. The number of ketones is 1. The molecule has 122 valence electrons. The molecule has 2 nitrogen and oxygen atoms in total. The summed E-state index contributed by atoms with van der Waals surface area (Å²) in [5.41, 5.74) is 2.25. The Labute approximate surface area is 137 Å². The first kappa shape index (κ1) is 17.4. The normalized spacial score (nSPS) is 21.3. The molecule has 0 saturated heterocycles. The van der Waals surface area contributed by atoms with Gasteiger partial charge < -0.3 is 5.11 Å². The van der Waals surface area contributed by atoms with Crippen molar-refractivity contribution in [2.75, 3.05) is 0 Å². The predicted molar refractivity (Wildman–Crippen MR) is 91.3 cm³/mol. The van der Waals surface area contributed by atoms with E-state index in [2.05, 4.69) is 13.8 Å². The SMILES string of the molecule is CC1=C(/C=C/C(=O)/C=C/c2ccccc2F)C(C)(C)CCC1O. The summed E-state index contributed by atoms with van der Waals surface area (Å²) in [5.74, 6) is -0.556. The van der Waals surface area contributed by atoms with E-state index in [1.165, 1.54) is 24.3 Å². The van der Waals surface area contributed by atoms with E-state index in [-0.39, 0.29) is 17.0 Å². The summed E-state index contributed by atoms with van der Waals surface area (Å²) in [5, 5.41) is 10.00. The largest absolute Gasteiger partial charge is 0.389 e. The van der Waals surface area contributed by atoms with Gasteiger partial charge in [-0.3, -0.25) is 4.79 Å². The maximum Gasteiger partial charge on any atom is 0.178 e. The van der Waals surface area contributed by atoms with Crippen molar-refractivity contribution in [3.8, 4) is 0 Å². The van der Waals surface area contributed by atoms with Gasteiger partial charge in [-0.2, -0.15) is 0 Å². The monoisotopic (exact) mass is 314 g/mol. The molecule has 23 heavy (non-hydrogen) atoms. The van der Waals surface area contributed by atoms with Crippen LogP contribution in [0.3, 0.4) is 0 Å². The van der Waals surface area contributed by atoms with Crippen LogP contribution in [0, 0.1) is 11.2 Å². The van der Waals surface area contributed by atoms with Crippen LogP contribution in [-0.2, 0) is 4.79 Å². The van der Waals surface area contributed by atoms with Gasteiger partial charge in [-0.1, -0.05) is 38.1 Å². The Morgan fingerprint density at radius 2 is 1.91 bits per heavy atom. The van der Waals surface area contributed by atoms with Crippen molar-refractivity contribution >= 4 is 11.9 Å². The standard InChI is InChI=1S/C20H23FO2/c1-14-17(20(2,3)13-12-19(14)23)11-10-16(22)9-8-15-6-4-5-7-18(15)21/h4-11,19,23H,12-13H2,1-3H3/b9-8+,11-10+. The molecule has 0 bridgehead atoms. The van der Waals surface area contributed by atoms with Crippen molar-refractivity contribution < 1.29 is 14.3 Å². The molecule has 0 saturated carbocycles. The number of allylic oxidation sites excluding steroid dienone is 4. The number of hydrogen-bond donors (Lipinski definition) is 1. The third-order valence-corrected chi connectivity index (χ3v) is 4.44. The molecule has 1 aliphatic rings. The van der Waals surface area contributed by atoms with Gasteiger partial charge in [0.25, 0.3) is 0 Å². The Morgan fingerprint density at radius 3 is 2.61 bits per heavy atom. The molecule has 3 heteroatoms. The topological polar surface area (TPSA) is 37.3 Å². The van der Waals surface area contributed by atoms with Gasteiger partial charge in [-0.15, -0.1) is 0 Å². The minimum absolute atomic E-state index is 0.0602. The van der Waals surface area contributed by atoms with Crippen LogP contribution in [0.15, 0.2) is 53.6 Å². The molecule has 1 aromatic rings. The Kier molecular flexibility index (Phi) is 5.32. The van der Waals surface area contributed by atoms with Gasteiger partial charge in [0.1, 0.15) is 5.82 Å². The van der Waals surface area contributed by atoms with Crippen LogP contribution in [0.2, 0.25) is 0 Å². The van der Waals surface area contributed by atoms with Gasteiger partial charge in [0.05, 0.1) is 6.10 Å². The van der Waals surface area contributed by atoms with E-state index in [4.69, 9.17) is 0 Å². The quantitative estimate of drug-likeness (QED) is 0.833. The molecule has 0 aliphatic heterocycles. The van der Waals surface area contributed by atoms with E-state index in [1.807, 2.05) is 6.92 Å². The number of carbonyl (C=O) groups excluding carboxylic acids is 1. The number of hydrogen-bond acceptors (Lipinski definition) is 2. The lowest BCUT2D eigenvalue weighted by atomic mass is 9.71. The van der Waals surface area contributed by atoms with Crippen LogP contribution in [0.5, 0.6) is 0 Å². The summed E-state index contributed by atoms with van der Waals surface area (Å²) in [6.07, 6.45) is 7.29. The second-order valence-electron chi connectivity index (χ2n) is 6.63. The minimum atomic E-state index is -0.438. The van der Waals surface area contributed by atoms with Gasteiger partial charge in [-0.25, -0.2) is 4.39 Å².